The van der Waals surface area contributed by atoms with Crippen molar-refractivity contribution in [3.05, 3.63) is 42.0 Å². The Morgan fingerprint density at radius 3 is 2.48 bits per heavy atom. The van der Waals surface area contributed by atoms with Crippen molar-refractivity contribution in [1.82, 2.24) is 20.1 Å². The van der Waals surface area contributed by atoms with Crippen molar-refractivity contribution in [1.29, 1.82) is 0 Å². The standard InChI is InChI=1S/C16H24N4O/c1-5-10-21-15-8-6-14(7-9-15)12(2)18-13(3)16-19-17-11-20(16)4/h6-9,11-13,18H,5,10H2,1-4H3. The number of benzene rings is 1. The highest BCUT2D eigenvalue weighted by Gasteiger charge is 2.15. The lowest BCUT2D eigenvalue weighted by molar-refractivity contribution is 0.317. The van der Waals surface area contributed by atoms with E-state index in [0.717, 1.165) is 24.6 Å². The summed E-state index contributed by atoms with van der Waals surface area (Å²) in [6, 6.07) is 8.63. The minimum atomic E-state index is 0.142. The molecule has 0 bridgehead atoms. The number of hydrogen-bond donors (Lipinski definition) is 1. The number of nitrogens with one attached hydrogen (secondary N) is 1. The molecule has 0 radical (unpaired) electrons. The molecule has 5 heteroatoms. The van der Waals surface area contributed by atoms with Crippen LogP contribution in [0.5, 0.6) is 5.75 Å². The highest BCUT2D eigenvalue weighted by atomic mass is 16.5. The van der Waals surface area contributed by atoms with E-state index in [0.29, 0.717) is 0 Å². The Morgan fingerprint density at radius 2 is 1.90 bits per heavy atom. The van der Waals surface area contributed by atoms with Gasteiger partial charge in [0.15, 0.2) is 0 Å². The third-order valence-corrected chi connectivity index (χ3v) is 3.49. The molecule has 114 valence electrons. The summed E-state index contributed by atoms with van der Waals surface area (Å²) in [6.45, 7) is 7.11. The van der Waals surface area contributed by atoms with Gasteiger partial charge in [-0.25, -0.2) is 0 Å². The summed E-state index contributed by atoms with van der Waals surface area (Å²) in [7, 11) is 1.96. The van der Waals surface area contributed by atoms with Gasteiger partial charge in [0, 0.05) is 13.1 Å². The molecule has 21 heavy (non-hydrogen) atoms. The molecule has 1 heterocycles. The molecule has 2 unspecified atom stereocenters. The van der Waals surface area contributed by atoms with Crippen LogP contribution in [-0.4, -0.2) is 21.4 Å². The Hall–Kier alpha value is -1.88. The predicted octanol–water partition coefficient (Wildman–Crippen LogP) is 3.02. The van der Waals surface area contributed by atoms with Crippen molar-refractivity contribution in [2.45, 2.75) is 39.3 Å². The molecule has 0 spiro atoms. The molecule has 0 aliphatic carbocycles. The normalized spacial score (nSPS) is 13.9. The zero-order chi connectivity index (χ0) is 15.2. The van der Waals surface area contributed by atoms with Gasteiger partial charge in [0.25, 0.3) is 0 Å². The van der Waals surface area contributed by atoms with Gasteiger partial charge in [0.1, 0.15) is 17.9 Å². The summed E-state index contributed by atoms with van der Waals surface area (Å²) in [4.78, 5) is 0. The van der Waals surface area contributed by atoms with Gasteiger partial charge in [-0.1, -0.05) is 19.1 Å². The van der Waals surface area contributed by atoms with E-state index < -0.39 is 0 Å². The monoisotopic (exact) mass is 288 g/mol. The SMILES string of the molecule is CCCOc1ccc(C(C)NC(C)c2nncn2C)cc1. The smallest absolute Gasteiger partial charge is 0.149 e. The first kappa shape index (κ1) is 15.5. The van der Waals surface area contributed by atoms with Crippen molar-refractivity contribution >= 4 is 0 Å². The summed E-state index contributed by atoms with van der Waals surface area (Å²) in [5.74, 6) is 1.86. The van der Waals surface area contributed by atoms with Crippen molar-refractivity contribution in [3.63, 3.8) is 0 Å². The van der Waals surface area contributed by atoms with Crippen LogP contribution in [0.15, 0.2) is 30.6 Å². The van der Waals surface area contributed by atoms with Crippen LogP contribution in [0.25, 0.3) is 0 Å². The van der Waals surface area contributed by atoms with E-state index in [1.807, 2.05) is 23.7 Å². The first-order chi connectivity index (χ1) is 10.1. The van der Waals surface area contributed by atoms with Crippen molar-refractivity contribution in [3.8, 4) is 5.75 Å². The fraction of sp³-hybridized carbons (Fsp3) is 0.500. The van der Waals surface area contributed by atoms with Gasteiger partial charge in [0.05, 0.1) is 12.6 Å². The maximum absolute atomic E-state index is 5.60. The van der Waals surface area contributed by atoms with Gasteiger partial charge in [0.2, 0.25) is 0 Å². The molecule has 0 amide bonds. The predicted molar refractivity (Wildman–Crippen MR) is 83.2 cm³/mol. The van der Waals surface area contributed by atoms with Gasteiger partial charge in [-0.15, -0.1) is 10.2 Å². The lowest BCUT2D eigenvalue weighted by Crippen LogP contribution is -2.24. The Bertz CT molecular complexity index is 550. The Kier molecular flexibility index (Phi) is 5.33. The summed E-state index contributed by atoms with van der Waals surface area (Å²) < 4.78 is 7.54. The Labute approximate surface area is 126 Å². The molecule has 2 rings (SSSR count). The Balaban J connectivity index is 1.96. The molecule has 0 aliphatic rings. The van der Waals surface area contributed by atoms with Gasteiger partial charge >= 0.3 is 0 Å². The van der Waals surface area contributed by atoms with E-state index in [1.54, 1.807) is 6.33 Å². The van der Waals surface area contributed by atoms with Crippen molar-refractivity contribution in [2.75, 3.05) is 6.61 Å². The fourth-order valence-corrected chi connectivity index (χ4v) is 2.30. The molecule has 2 aromatic rings. The largest absolute Gasteiger partial charge is 0.494 e. The number of hydrogen-bond acceptors (Lipinski definition) is 4. The summed E-state index contributed by atoms with van der Waals surface area (Å²) in [5.41, 5.74) is 1.23. The van der Waals surface area contributed by atoms with Crippen LogP contribution in [0.2, 0.25) is 0 Å². The molecular formula is C16H24N4O. The second-order valence-corrected chi connectivity index (χ2v) is 5.33. The van der Waals surface area contributed by atoms with Crippen LogP contribution in [0, 0.1) is 0 Å². The minimum Gasteiger partial charge on any atom is -0.494 e. The lowest BCUT2D eigenvalue weighted by Gasteiger charge is -2.20. The van der Waals surface area contributed by atoms with E-state index in [2.05, 4.69) is 48.4 Å². The van der Waals surface area contributed by atoms with Crippen LogP contribution in [0.1, 0.15) is 50.7 Å². The molecule has 0 saturated heterocycles. The first-order valence-electron chi connectivity index (χ1n) is 7.44. The van der Waals surface area contributed by atoms with Gasteiger partial charge < -0.3 is 14.6 Å². The molecular weight excluding hydrogens is 264 g/mol. The molecule has 1 aromatic carbocycles. The maximum Gasteiger partial charge on any atom is 0.149 e. The quantitative estimate of drug-likeness (QED) is 0.851. The zero-order valence-corrected chi connectivity index (χ0v) is 13.2. The van der Waals surface area contributed by atoms with Crippen LogP contribution in [0.4, 0.5) is 0 Å². The minimum absolute atomic E-state index is 0.142. The number of rotatable bonds is 7. The van der Waals surface area contributed by atoms with Gasteiger partial charge in [-0.2, -0.15) is 0 Å². The van der Waals surface area contributed by atoms with Crippen LogP contribution in [-0.2, 0) is 7.05 Å². The summed E-state index contributed by atoms with van der Waals surface area (Å²) in [5, 5.41) is 11.6. The highest BCUT2D eigenvalue weighted by Crippen LogP contribution is 2.20. The number of nitrogens with zero attached hydrogens (tertiary/aromatic N) is 3. The van der Waals surface area contributed by atoms with E-state index in [1.165, 1.54) is 5.56 Å². The summed E-state index contributed by atoms with van der Waals surface area (Å²) in [6.07, 6.45) is 2.74. The van der Waals surface area contributed by atoms with E-state index in [4.69, 9.17) is 4.74 Å². The average Bonchev–Trinajstić information content (AvgIpc) is 2.91. The van der Waals surface area contributed by atoms with Gasteiger partial charge in [-0.3, -0.25) is 0 Å². The third-order valence-electron chi connectivity index (χ3n) is 3.49. The van der Waals surface area contributed by atoms with Crippen LogP contribution in [0.3, 0.4) is 0 Å². The van der Waals surface area contributed by atoms with E-state index in [-0.39, 0.29) is 12.1 Å². The molecule has 0 fully saturated rings. The first-order valence-corrected chi connectivity index (χ1v) is 7.44. The molecule has 1 N–H and O–H groups in total. The topological polar surface area (TPSA) is 52.0 Å². The highest BCUT2D eigenvalue weighted by molar-refractivity contribution is 5.29. The van der Waals surface area contributed by atoms with Crippen molar-refractivity contribution < 1.29 is 4.74 Å². The number of ether oxygens (including phenoxy) is 1. The molecule has 0 saturated carbocycles. The number of aromatic nitrogens is 3. The number of aryl methyl sites for hydroxylation is 1. The second-order valence-electron chi connectivity index (χ2n) is 5.33. The average molecular weight is 288 g/mol. The molecule has 2 atom stereocenters. The zero-order valence-electron chi connectivity index (χ0n) is 13.2. The Morgan fingerprint density at radius 1 is 1.19 bits per heavy atom. The second kappa shape index (κ2) is 7.22. The summed E-state index contributed by atoms with van der Waals surface area (Å²) >= 11 is 0. The van der Waals surface area contributed by atoms with E-state index >= 15 is 0 Å². The third kappa shape index (κ3) is 4.04. The molecule has 0 aliphatic heterocycles. The van der Waals surface area contributed by atoms with Gasteiger partial charge in [-0.05, 0) is 38.0 Å². The maximum atomic E-state index is 5.60. The molecule has 1 aromatic heterocycles. The van der Waals surface area contributed by atoms with E-state index in [9.17, 15) is 0 Å². The lowest BCUT2D eigenvalue weighted by atomic mass is 10.1. The fourth-order valence-electron chi connectivity index (χ4n) is 2.30. The van der Waals surface area contributed by atoms with Crippen molar-refractivity contribution in [2.24, 2.45) is 7.05 Å². The van der Waals surface area contributed by atoms with Crippen LogP contribution < -0.4 is 10.1 Å². The molecule has 5 nitrogen and oxygen atoms in total. The van der Waals surface area contributed by atoms with Crippen LogP contribution >= 0.6 is 0 Å².